The first-order valence-corrected chi connectivity index (χ1v) is 11.3. The molecule has 0 spiro atoms. The van der Waals surface area contributed by atoms with E-state index in [0.29, 0.717) is 16.8 Å². The molecular formula is C23H29ClN4O2. The molecule has 4 rings (SSSR count). The molecule has 0 aliphatic heterocycles. The fourth-order valence-corrected chi connectivity index (χ4v) is 4.55. The Morgan fingerprint density at radius 2 is 1.83 bits per heavy atom. The summed E-state index contributed by atoms with van der Waals surface area (Å²) in [6.07, 6.45) is 7.19. The summed E-state index contributed by atoms with van der Waals surface area (Å²) in [6, 6.07) is 9.50. The fourth-order valence-electron chi connectivity index (χ4n) is 4.42. The van der Waals surface area contributed by atoms with Crippen molar-refractivity contribution in [1.82, 2.24) is 15.5 Å². The summed E-state index contributed by atoms with van der Waals surface area (Å²) in [5.41, 5.74) is 1.98. The lowest BCUT2D eigenvalue weighted by molar-refractivity contribution is -0.123. The van der Waals surface area contributed by atoms with Crippen molar-refractivity contribution in [2.45, 2.75) is 69.7 Å². The highest BCUT2D eigenvalue weighted by atomic mass is 35.5. The Balaban J connectivity index is 1.24. The zero-order valence-corrected chi connectivity index (χ0v) is 18.0. The molecule has 1 atom stereocenters. The second kappa shape index (κ2) is 9.21. The van der Waals surface area contributed by atoms with Gasteiger partial charge in [-0.2, -0.15) is 5.10 Å². The van der Waals surface area contributed by atoms with Gasteiger partial charge in [-0.05, 0) is 50.3 Å². The Hall–Kier alpha value is -2.34. The summed E-state index contributed by atoms with van der Waals surface area (Å²) < 4.78 is 0. The maximum absolute atomic E-state index is 12.5. The number of carbonyl (C=O) groups excluding carboxylic acids is 2. The normalized spacial score (nSPS) is 22.7. The molecule has 30 heavy (non-hydrogen) atoms. The van der Waals surface area contributed by atoms with Crippen LogP contribution in [-0.2, 0) is 9.59 Å². The minimum absolute atomic E-state index is 0.0332. The van der Waals surface area contributed by atoms with Gasteiger partial charge in [0, 0.05) is 34.7 Å². The highest BCUT2D eigenvalue weighted by Crippen LogP contribution is 2.37. The van der Waals surface area contributed by atoms with Crippen LogP contribution in [0.25, 0.3) is 0 Å². The Morgan fingerprint density at radius 1 is 1.13 bits per heavy atom. The first kappa shape index (κ1) is 20.9. The average Bonchev–Trinajstić information content (AvgIpc) is 3.18. The first-order valence-electron chi connectivity index (χ1n) is 10.9. The molecule has 1 heterocycles. The standard InChI is InChI=1S/C23H29ClN4O2/c1-14(15-7-9-18(24)10-8-15)22(29)25-19-11-17(12-19)20-13-21(28-27-20)26-23(30)16-5-3-2-4-6-16/h7-10,13-14,16-17,19H,2-6,11-12H2,1H3,(H,25,29)(H2,26,27,28,30). The van der Waals surface area contributed by atoms with Crippen LogP contribution < -0.4 is 10.6 Å². The van der Waals surface area contributed by atoms with Crippen LogP contribution >= 0.6 is 11.6 Å². The zero-order valence-electron chi connectivity index (χ0n) is 17.3. The van der Waals surface area contributed by atoms with Crippen LogP contribution in [0.15, 0.2) is 30.3 Å². The predicted octanol–water partition coefficient (Wildman–Crippen LogP) is 4.75. The van der Waals surface area contributed by atoms with Gasteiger partial charge in [0.15, 0.2) is 5.82 Å². The molecule has 1 aromatic carbocycles. The van der Waals surface area contributed by atoms with Crippen LogP contribution in [0.1, 0.15) is 75.0 Å². The lowest BCUT2D eigenvalue weighted by atomic mass is 9.78. The van der Waals surface area contributed by atoms with E-state index in [4.69, 9.17) is 11.6 Å². The third kappa shape index (κ3) is 4.86. The Labute approximate surface area is 182 Å². The second-order valence-electron chi connectivity index (χ2n) is 8.68. The van der Waals surface area contributed by atoms with E-state index in [2.05, 4.69) is 20.8 Å². The van der Waals surface area contributed by atoms with Gasteiger partial charge in [-0.15, -0.1) is 0 Å². The number of nitrogens with one attached hydrogen (secondary N) is 3. The van der Waals surface area contributed by atoms with Crippen molar-refractivity contribution < 1.29 is 9.59 Å². The first-order chi connectivity index (χ1) is 14.5. The number of amides is 2. The SMILES string of the molecule is CC(C(=O)NC1CC(c2cc(NC(=O)C3CCCCC3)n[nH]2)C1)c1ccc(Cl)cc1. The van der Waals surface area contributed by atoms with Gasteiger partial charge in [-0.1, -0.05) is 43.0 Å². The Bertz CT molecular complexity index is 883. The van der Waals surface area contributed by atoms with Crippen LogP contribution in [0.4, 0.5) is 5.82 Å². The van der Waals surface area contributed by atoms with Crippen molar-refractivity contribution in [3.8, 4) is 0 Å². The van der Waals surface area contributed by atoms with E-state index in [1.165, 1.54) is 6.42 Å². The molecule has 0 radical (unpaired) electrons. The molecule has 1 aromatic heterocycles. The molecule has 0 saturated heterocycles. The largest absolute Gasteiger partial charge is 0.353 e. The molecule has 3 N–H and O–H groups in total. The van der Waals surface area contributed by atoms with Gasteiger partial charge in [0.25, 0.3) is 0 Å². The van der Waals surface area contributed by atoms with E-state index in [-0.39, 0.29) is 29.7 Å². The summed E-state index contributed by atoms with van der Waals surface area (Å²) in [5.74, 6) is 0.951. The number of rotatable bonds is 6. The van der Waals surface area contributed by atoms with Crippen molar-refractivity contribution >= 4 is 29.2 Å². The smallest absolute Gasteiger partial charge is 0.228 e. The molecule has 0 bridgehead atoms. The summed E-state index contributed by atoms with van der Waals surface area (Å²) in [4.78, 5) is 24.9. The van der Waals surface area contributed by atoms with E-state index < -0.39 is 0 Å². The summed E-state index contributed by atoms with van der Waals surface area (Å²) in [6.45, 7) is 1.91. The third-order valence-electron chi connectivity index (χ3n) is 6.51. The lowest BCUT2D eigenvalue weighted by Gasteiger charge is -2.35. The Morgan fingerprint density at radius 3 is 2.53 bits per heavy atom. The molecule has 2 aliphatic carbocycles. The van der Waals surface area contributed by atoms with Crippen molar-refractivity contribution in [3.63, 3.8) is 0 Å². The van der Waals surface area contributed by atoms with Crippen LogP contribution in [0.2, 0.25) is 5.02 Å². The van der Waals surface area contributed by atoms with Crippen molar-refractivity contribution in [3.05, 3.63) is 46.6 Å². The van der Waals surface area contributed by atoms with E-state index in [1.807, 2.05) is 37.3 Å². The van der Waals surface area contributed by atoms with Gasteiger partial charge >= 0.3 is 0 Å². The topological polar surface area (TPSA) is 86.9 Å². The summed E-state index contributed by atoms with van der Waals surface area (Å²) in [5, 5.41) is 14.1. The number of hydrogen-bond acceptors (Lipinski definition) is 3. The van der Waals surface area contributed by atoms with E-state index in [1.54, 1.807) is 0 Å². The zero-order chi connectivity index (χ0) is 21.1. The monoisotopic (exact) mass is 428 g/mol. The highest BCUT2D eigenvalue weighted by molar-refractivity contribution is 6.30. The van der Waals surface area contributed by atoms with Crippen molar-refractivity contribution in [1.29, 1.82) is 0 Å². The van der Waals surface area contributed by atoms with Crippen LogP contribution in [0, 0.1) is 5.92 Å². The molecule has 1 unspecified atom stereocenters. The molecule has 6 nitrogen and oxygen atoms in total. The molecule has 7 heteroatoms. The van der Waals surface area contributed by atoms with Crippen molar-refractivity contribution in [2.75, 3.05) is 5.32 Å². The number of aromatic amines is 1. The molecule has 2 saturated carbocycles. The number of anilines is 1. The van der Waals surface area contributed by atoms with Gasteiger partial charge in [-0.3, -0.25) is 14.7 Å². The second-order valence-corrected chi connectivity index (χ2v) is 9.12. The van der Waals surface area contributed by atoms with Crippen LogP contribution in [0.3, 0.4) is 0 Å². The third-order valence-corrected chi connectivity index (χ3v) is 6.76. The maximum atomic E-state index is 12.5. The number of carbonyl (C=O) groups is 2. The quantitative estimate of drug-likeness (QED) is 0.620. The van der Waals surface area contributed by atoms with E-state index >= 15 is 0 Å². The number of nitrogens with zero attached hydrogens (tertiary/aromatic N) is 1. The lowest BCUT2D eigenvalue weighted by Crippen LogP contribution is -2.44. The molecule has 2 aromatic rings. The van der Waals surface area contributed by atoms with Gasteiger partial charge < -0.3 is 10.6 Å². The molecule has 2 fully saturated rings. The summed E-state index contributed by atoms with van der Waals surface area (Å²) in [7, 11) is 0. The minimum Gasteiger partial charge on any atom is -0.353 e. The average molecular weight is 429 g/mol. The maximum Gasteiger partial charge on any atom is 0.228 e. The summed E-state index contributed by atoms with van der Waals surface area (Å²) >= 11 is 5.92. The van der Waals surface area contributed by atoms with Gasteiger partial charge in [0.05, 0.1) is 5.92 Å². The minimum atomic E-state index is -0.213. The van der Waals surface area contributed by atoms with Crippen LogP contribution in [-0.4, -0.2) is 28.1 Å². The number of halogens is 1. The molecule has 2 aliphatic rings. The van der Waals surface area contributed by atoms with E-state index in [9.17, 15) is 9.59 Å². The van der Waals surface area contributed by atoms with Crippen LogP contribution in [0.5, 0.6) is 0 Å². The van der Waals surface area contributed by atoms with Gasteiger partial charge in [0.1, 0.15) is 0 Å². The molecule has 160 valence electrons. The number of hydrogen-bond donors (Lipinski definition) is 3. The number of H-pyrrole nitrogens is 1. The van der Waals surface area contributed by atoms with Crippen molar-refractivity contribution in [2.24, 2.45) is 5.92 Å². The Kier molecular flexibility index (Phi) is 6.42. The molecular weight excluding hydrogens is 400 g/mol. The van der Waals surface area contributed by atoms with E-state index in [0.717, 1.165) is 49.8 Å². The van der Waals surface area contributed by atoms with Gasteiger partial charge in [-0.25, -0.2) is 0 Å². The van der Waals surface area contributed by atoms with Gasteiger partial charge in [0.2, 0.25) is 11.8 Å². The predicted molar refractivity (Wildman–Crippen MR) is 118 cm³/mol. The molecule has 2 amide bonds. The fraction of sp³-hybridized carbons (Fsp3) is 0.522. The highest BCUT2D eigenvalue weighted by Gasteiger charge is 2.34. The number of aromatic nitrogens is 2. The number of benzene rings is 1.